The minimum atomic E-state index is -0.469. The average molecular weight is 568 g/mol. The van der Waals surface area contributed by atoms with E-state index in [0.29, 0.717) is 5.92 Å². The first-order valence-corrected chi connectivity index (χ1v) is 16.1. The average Bonchev–Trinajstić information content (AvgIpc) is 3.44. The van der Waals surface area contributed by atoms with Crippen molar-refractivity contribution < 1.29 is 0 Å². The zero-order chi connectivity index (χ0) is 29.3. The maximum atomic E-state index is 2.46. The van der Waals surface area contributed by atoms with Gasteiger partial charge < -0.3 is 4.57 Å². The minimum absolute atomic E-state index is 0.469. The molecular formula is C43H37N. The third-order valence-electron chi connectivity index (χ3n) is 9.95. The van der Waals surface area contributed by atoms with Crippen LogP contribution in [0.25, 0.3) is 27.5 Å². The van der Waals surface area contributed by atoms with Crippen molar-refractivity contribution in [3.8, 4) is 5.69 Å². The molecule has 1 aliphatic carbocycles. The van der Waals surface area contributed by atoms with Gasteiger partial charge >= 0.3 is 0 Å². The van der Waals surface area contributed by atoms with E-state index in [1.165, 1.54) is 87.4 Å². The Morgan fingerprint density at radius 1 is 0.432 bits per heavy atom. The van der Waals surface area contributed by atoms with Crippen molar-refractivity contribution in [2.75, 3.05) is 0 Å². The number of benzene rings is 6. The lowest BCUT2D eigenvalue weighted by atomic mass is 9.65. The molecule has 0 aliphatic heterocycles. The molecule has 1 heteroatoms. The van der Waals surface area contributed by atoms with E-state index in [-0.39, 0.29) is 0 Å². The Kier molecular flexibility index (Phi) is 6.88. The first-order chi connectivity index (χ1) is 21.8. The fourth-order valence-corrected chi connectivity index (χ4v) is 7.88. The Balaban J connectivity index is 1.37. The van der Waals surface area contributed by atoms with Crippen molar-refractivity contribution in [3.05, 3.63) is 186 Å². The van der Waals surface area contributed by atoms with Crippen molar-refractivity contribution in [1.29, 1.82) is 0 Å². The minimum Gasteiger partial charge on any atom is -0.309 e. The van der Waals surface area contributed by atoms with Gasteiger partial charge in [-0.3, -0.25) is 0 Å². The number of fused-ring (bicyclic) bond motifs is 3. The van der Waals surface area contributed by atoms with Gasteiger partial charge in [0.25, 0.3) is 0 Å². The molecule has 44 heavy (non-hydrogen) atoms. The van der Waals surface area contributed by atoms with Crippen molar-refractivity contribution >= 4 is 21.8 Å². The second-order valence-electron chi connectivity index (χ2n) is 12.4. The first kappa shape index (κ1) is 26.7. The zero-order valence-electron chi connectivity index (χ0n) is 25.1. The predicted molar refractivity (Wildman–Crippen MR) is 185 cm³/mol. The Morgan fingerprint density at radius 3 is 1.55 bits per heavy atom. The molecule has 0 saturated heterocycles. The molecule has 0 amide bonds. The molecule has 1 saturated carbocycles. The molecule has 1 aliphatic rings. The lowest BCUT2D eigenvalue weighted by Crippen LogP contribution is -2.30. The maximum absolute atomic E-state index is 2.46. The Labute approximate surface area is 260 Å². The molecule has 0 radical (unpaired) electrons. The number of para-hydroxylation sites is 1. The lowest BCUT2D eigenvalue weighted by Gasteiger charge is -2.37. The fourth-order valence-electron chi connectivity index (χ4n) is 7.88. The summed E-state index contributed by atoms with van der Waals surface area (Å²) in [4.78, 5) is 0. The van der Waals surface area contributed by atoms with Crippen molar-refractivity contribution in [3.63, 3.8) is 0 Å². The van der Waals surface area contributed by atoms with Crippen LogP contribution < -0.4 is 0 Å². The number of aromatic nitrogens is 1. The first-order valence-electron chi connectivity index (χ1n) is 16.1. The normalized spacial score (nSPS) is 14.3. The summed E-state index contributed by atoms with van der Waals surface area (Å²) in [5.74, 6) is 0.709. The van der Waals surface area contributed by atoms with Crippen molar-refractivity contribution in [2.45, 2.75) is 43.4 Å². The molecule has 1 aromatic heterocycles. The summed E-state index contributed by atoms with van der Waals surface area (Å²) in [5.41, 5.74) is 9.79. The summed E-state index contributed by atoms with van der Waals surface area (Å²) in [7, 11) is 0. The molecule has 0 N–H and O–H groups in total. The molecule has 1 nitrogen and oxygen atoms in total. The second kappa shape index (κ2) is 11.3. The fraction of sp³-hybridized carbons (Fsp3) is 0.163. The van der Waals surface area contributed by atoms with Gasteiger partial charge in [-0.15, -0.1) is 0 Å². The van der Waals surface area contributed by atoms with Crippen LogP contribution >= 0.6 is 0 Å². The molecule has 6 aromatic carbocycles. The van der Waals surface area contributed by atoms with Crippen LogP contribution in [0.3, 0.4) is 0 Å². The van der Waals surface area contributed by atoms with E-state index in [1.54, 1.807) is 0 Å². The highest BCUT2D eigenvalue weighted by Crippen LogP contribution is 2.47. The highest BCUT2D eigenvalue weighted by atomic mass is 15.0. The molecule has 1 heterocycles. The van der Waals surface area contributed by atoms with Gasteiger partial charge in [0, 0.05) is 16.5 Å². The van der Waals surface area contributed by atoms with Crippen LogP contribution in [0.2, 0.25) is 0 Å². The summed E-state index contributed by atoms with van der Waals surface area (Å²) < 4.78 is 2.45. The number of nitrogens with zero attached hydrogens (tertiary/aromatic N) is 1. The quantitative estimate of drug-likeness (QED) is 0.176. The smallest absolute Gasteiger partial charge is 0.0701 e. The molecule has 1 fully saturated rings. The van der Waals surface area contributed by atoms with Gasteiger partial charge in [0.1, 0.15) is 0 Å². The van der Waals surface area contributed by atoms with Crippen molar-refractivity contribution in [1.82, 2.24) is 4.57 Å². The van der Waals surface area contributed by atoms with Gasteiger partial charge in [0.15, 0.2) is 0 Å². The molecule has 0 unspecified atom stereocenters. The number of rotatable bonds is 6. The van der Waals surface area contributed by atoms with Gasteiger partial charge in [-0.25, -0.2) is 0 Å². The van der Waals surface area contributed by atoms with E-state index in [9.17, 15) is 0 Å². The summed E-state index contributed by atoms with van der Waals surface area (Å²) in [6, 6.07) is 58.5. The third kappa shape index (κ3) is 4.38. The lowest BCUT2D eigenvalue weighted by molar-refractivity contribution is 0.443. The van der Waals surface area contributed by atoms with Gasteiger partial charge in [0.2, 0.25) is 0 Å². The highest BCUT2D eigenvalue weighted by molar-refractivity contribution is 6.09. The Morgan fingerprint density at radius 2 is 0.955 bits per heavy atom. The molecular weight excluding hydrogens is 530 g/mol. The maximum Gasteiger partial charge on any atom is 0.0701 e. The van der Waals surface area contributed by atoms with Crippen LogP contribution in [-0.4, -0.2) is 4.57 Å². The van der Waals surface area contributed by atoms with Crippen LogP contribution in [0.5, 0.6) is 0 Å². The summed E-state index contributed by atoms with van der Waals surface area (Å²) in [6.45, 7) is 0. The van der Waals surface area contributed by atoms with Crippen LogP contribution in [0.15, 0.2) is 158 Å². The van der Waals surface area contributed by atoms with E-state index in [2.05, 4.69) is 162 Å². The zero-order valence-corrected chi connectivity index (χ0v) is 25.1. The van der Waals surface area contributed by atoms with Crippen LogP contribution in [0, 0.1) is 0 Å². The highest BCUT2D eigenvalue weighted by Gasteiger charge is 2.38. The van der Waals surface area contributed by atoms with Gasteiger partial charge in [-0.05, 0) is 76.9 Å². The van der Waals surface area contributed by atoms with E-state index in [1.807, 2.05) is 0 Å². The van der Waals surface area contributed by atoms with Crippen LogP contribution in [0.4, 0.5) is 0 Å². The van der Waals surface area contributed by atoms with E-state index in [0.717, 1.165) is 0 Å². The van der Waals surface area contributed by atoms with Gasteiger partial charge in [0.05, 0.1) is 16.4 Å². The molecule has 214 valence electrons. The predicted octanol–water partition coefficient (Wildman–Crippen LogP) is 11.2. The van der Waals surface area contributed by atoms with Crippen LogP contribution in [-0.2, 0) is 5.41 Å². The van der Waals surface area contributed by atoms with Crippen molar-refractivity contribution in [2.24, 2.45) is 0 Å². The third-order valence-corrected chi connectivity index (χ3v) is 9.95. The van der Waals surface area contributed by atoms with E-state index in [4.69, 9.17) is 0 Å². The summed E-state index contributed by atoms with van der Waals surface area (Å²) in [5, 5.41) is 2.56. The number of hydrogen-bond acceptors (Lipinski definition) is 0. The monoisotopic (exact) mass is 567 g/mol. The summed E-state index contributed by atoms with van der Waals surface area (Å²) >= 11 is 0. The van der Waals surface area contributed by atoms with Gasteiger partial charge in [-0.2, -0.15) is 0 Å². The summed E-state index contributed by atoms with van der Waals surface area (Å²) in [6.07, 6.45) is 6.75. The standard InChI is InChI=1S/C43H37N/c1-5-15-32(16-6-1)33-25-28-38(29-26-33)44-41-24-14-13-23-39(41)40-31-37(27-30-42(40)44)43(34-17-7-2-8-18-34,35-19-9-3-10-20-35)36-21-11-4-12-22-36/h2-4,7-14,17-32H,1,5-6,15-16H2. The molecule has 0 atom stereocenters. The number of hydrogen-bond donors (Lipinski definition) is 0. The van der Waals surface area contributed by atoms with Gasteiger partial charge in [-0.1, -0.05) is 147 Å². The van der Waals surface area contributed by atoms with E-state index >= 15 is 0 Å². The molecule has 8 rings (SSSR count). The molecule has 0 bridgehead atoms. The molecule has 7 aromatic rings. The Hall–Kier alpha value is -4.88. The topological polar surface area (TPSA) is 4.93 Å². The molecule has 0 spiro atoms. The Bertz CT molecular complexity index is 1920. The largest absolute Gasteiger partial charge is 0.309 e. The second-order valence-corrected chi connectivity index (χ2v) is 12.4. The van der Waals surface area contributed by atoms with E-state index < -0.39 is 5.41 Å². The SMILES string of the molecule is c1ccc(C(c2ccccc2)(c2ccccc2)c2ccc3c(c2)c2ccccc2n3-c2ccc(C3CCCCC3)cc2)cc1. The van der Waals surface area contributed by atoms with Crippen LogP contribution in [0.1, 0.15) is 65.8 Å².